The molecule has 34 heavy (non-hydrogen) atoms. The summed E-state index contributed by atoms with van der Waals surface area (Å²) >= 11 is 3.38. The number of sulfonamides is 1. The Balaban J connectivity index is 1.38. The lowest BCUT2D eigenvalue weighted by molar-refractivity contribution is -0.127. The average Bonchev–Trinajstić information content (AvgIpc) is 2.85. The molecule has 1 fully saturated rings. The molecule has 1 atom stereocenters. The van der Waals surface area contributed by atoms with E-state index in [0.717, 1.165) is 40.6 Å². The van der Waals surface area contributed by atoms with Crippen LogP contribution < -0.4 is 10.1 Å². The Morgan fingerprint density at radius 1 is 1.09 bits per heavy atom. The van der Waals surface area contributed by atoms with E-state index in [0.29, 0.717) is 25.9 Å². The minimum absolute atomic E-state index is 0.00719. The summed E-state index contributed by atoms with van der Waals surface area (Å²) in [4.78, 5) is 13.2. The Morgan fingerprint density at radius 2 is 1.74 bits per heavy atom. The summed E-state index contributed by atoms with van der Waals surface area (Å²) < 4.78 is 34.6. The zero-order valence-electron chi connectivity index (χ0n) is 19.8. The molecule has 4 rings (SSSR count). The van der Waals surface area contributed by atoms with Crippen LogP contribution in [0.5, 0.6) is 5.75 Å². The molecule has 2 aliphatic rings. The van der Waals surface area contributed by atoms with Crippen LogP contribution in [0.4, 0.5) is 0 Å². The van der Waals surface area contributed by atoms with Crippen LogP contribution in [0, 0.1) is 5.92 Å². The van der Waals surface area contributed by atoms with Gasteiger partial charge in [0.1, 0.15) is 11.4 Å². The highest BCUT2D eigenvalue weighted by molar-refractivity contribution is 9.10. The minimum Gasteiger partial charge on any atom is -0.487 e. The van der Waals surface area contributed by atoms with E-state index in [4.69, 9.17) is 4.74 Å². The second-order valence-electron chi connectivity index (χ2n) is 9.35. The zero-order valence-corrected chi connectivity index (χ0v) is 22.2. The Hall–Kier alpha value is -1.90. The van der Waals surface area contributed by atoms with Gasteiger partial charge in [-0.25, -0.2) is 12.7 Å². The maximum Gasteiger partial charge on any atom is 0.223 e. The van der Waals surface area contributed by atoms with Crippen molar-refractivity contribution < 1.29 is 17.9 Å². The predicted molar refractivity (Wildman–Crippen MR) is 137 cm³/mol. The summed E-state index contributed by atoms with van der Waals surface area (Å²) in [6.07, 6.45) is 3.55. The van der Waals surface area contributed by atoms with E-state index in [1.807, 2.05) is 48.5 Å². The predicted octanol–water partition coefficient (Wildman–Crippen LogP) is 5.19. The first-order chi connectivity index (χ1) is 16.2. The molecule has 2 aromatic rings. The number of hydrogen-bond donors (Lipinski definition) is 1. The number of halogens is 1. The van der Waals surface area contributed by atoms with Gasteiger partial charge in [0, 0.05) is 35.5 Å². The fraction of sp³-hybridized carbons (Fsp3) is 0.500. The SMILES string of the molecule is CCC1(CC)CC(NC(=O)C2CCN(S(=O)(=O)Cc3ccc(Br)cc3)CC2)c2ccccc2O1. The van der Waals surface area contributed by atoms with Crippen LogP contribution in [0.25, 0.3) is 0 Å². The molecule has 8 heteroatoms. The number of ether oxygens (including phenoxy) is 1. The third-order valence-corrected chi connectivity index (χ3v) is 9.66. The van der Waals surface area contributed by atoms with Gasteiger partial charge in [0.15, 0.2) is 0 Å². The van der Waals surface area contributed by atoms with Gasteiger partial charge in [0.05, 0.1) is 11.8 Å². The van der Waals surface area contributed by atoms with Gasteiger partial charge in [0.25, 0.3) is 0 Å². The lowest BCUT2D eigenvalue weighted by atomic mass is 9.83. The summed E-state index contributed by atoms with van der Waals surface area (Å²) in [5.41, 5.74) is 1.50. The number of fused-ring (bicyclic) bond motifs is 1. The Morgan fingerprint density at radius 3 is 2.38 bits per heavy atom. The number of benzene rings is 2. The van der Waals surface area contributed by atoms with Crippen molar-refractivity contribution >= 4 is 31.9 Å². The van der Waals surface area contributed by atoms with E-state index in [9.17, 15) is 13.2 Å². The van der Waals surface area contributed by atoms with Crippen LogP contribution in [0.2, 0.25) is 0 Å². The third-order valence-electron chi connectivity index (χ3n) is 7.28. The van der Waals surface area contributed by atoms with Crippen LogP contribution in [-0.4, -0.2) is 37.3 Å². The quantitative estimate of drug-likeness (QED) is 0.516. The van der Waals surface area contributed by atoms with E-state index in [2.05, 4.69) is 35.1 Å². The van der Waals surface area contributed by atoms with E-state index in [1.165, 1.54) is 4.31 Å². The van der Waals surface area contributed by atoms with Crippen molar-refractivity contribution in [3.05, 3.63) is 64.1 Å². The largest absolute Gasteiger partial charge is 0.487 e. The monoisotopic (exact) mass is 548 g/mol. The number of piperidine rings is 1. The lowest BCUT2D eigenvalue weighted by Gasteiger charge is -2.42. The molecular formula is C26H33BrN2O4S. The van der Waals surface area contributed by atoms with E-state index in [1.54, 1.807) is 0 Å². The molecule has 2 aromatic carbocycles. The highest BCUT2D eigenvalue weighted by Gasteiger charge is 2.40. The summed E-state index contributed by atoms with van der Waals surface area (Å²) in [6.45, 7) is 4.99. The van der Waals surface area contributed by atoms with Gasteiger partial charge >= 0.3 is 0 Å². The van der Waals surface area contributed by atoms with E-state index >= 15 is 0 Å². The second-order valence-corrected chi connectivity index (χ2v) is 12.2. The number of amides is 1. The molecule has 1 unspecified atom stereocenters. The number of nitrogens with zero attached hydrogens (tertiary/aromatic N) is 1. The van der Waals surface area contributed by atoms with Crippen molar-refractivity contribution in [2.75, 3.05) is 13.1 Å². The molecule has 184 valence electrons. The van der Waals surface area contributed by atoms with Crippen molar-refractivity contribution in [2.45, 2.75) is 63.3 Å². The van der Waals surface area contributed by atoms with Crippen molar-refractivity contribution in [2.24, 2.45) is 5.92 Å². The number of carbonyl (C=O) groups is 1. The standard InChI is InChI=1S/C26H33BrN2O4S/c1-3-26(4-2)17-23(22-7-5-6-8-24(22)33-26)28-25(30)20-13-15-29(16-14-20)34(31,32)18-19-9-11-21(27)12-10-19/h5-12,20,23H,3-4,13-18H2,1-2H3,(H,28,30). The van der Waals surface area contributed by atoms with Gasteiger partial charge in [-0.3, -0.25) is 4.79 Å². The summed E-state index contributed by atoms with van der Waals surface area (Å²) in [7, 11) is -3.42. The highest BCUT2D eigenvalue weighted by Crippen LogP contribution is 2.42. The molecular weight excluding hydrogens is 516 g/mol. The molecule has 6 nitrogen and oxygen atoms in total. The Labute approximate surface area is 211 Å². The molecule has 0 radical (unpaired) electrons. The minimum atomic E-state index is -3.42. The molecule has 0 aliphatic carbocycles. The zero-order chi connectivity index (χ0) is 24.3. The number of para-hydroxylation sites is 1. The molecule has 0 aromatic heterocycles. The van der Waals surface area contributed by atoms with Crippen molar-refractivity contribution in [1.82, 2.24) is 9.62 Å². The Bertz CT molecular complexity index is 1110. The summed E-state index contributed by atoms with van der Waals surface area (Å²) in [6, 6.07) is 15.2. The van der Waals surface area contributed by atoms with Crippen molar-refractivity contribution in [3.63, 3.8) is 0 Å². The molecule has 1 saturated heterocycles. The van der Waals surface area contributed by atoms with Gasteiger partial charge in [-0.15, -0.1) is 0 Å². The molecule has 0 spiro atoms. The van der Waals surface area contributed by atoms with Crippen molar-refractivity contribution in [1.29, 1.82) is 0 Å². The van der Waals surface area contributed by atoms with Gasteiger partial charge in [-0.05, 0) is 49.4 Å². The smallest absolute Gasteiger partial charge is 0.223 e. The molecule has 0 saturated carbocycles. The van der Waals surface area contributed by atoms with Crippen LogP contribution in [0.3, 0.4) is 0 Å². The highest BCUT2D eigenvalue weighted by atomic mass is 79.9. The first kappa shape index (κ1) is 25.2. The fourth-order valence-corrected chi connectivity index (χ4v) is 6.83. The van der Waals surface area contributed by atoms with E-state index < -0.39 is 10.0 Å². The van der Waals surface area contributed by atoms with Gasteiger partial charge in [-0.2, -0.15) is 0 Å². The fourth-order valence-electron chi connectivity index (χ4n) is 5.00. The third kappa shape index (κ3) is 5.50. The maximum absolute atomic E-state index is 13.2. The number of carbonyl (C=O) groups excluding carboxylic acids is 1. The van der Waals surface area contributed by atoms with Gasteiger partial charge < -0.3 is 10.1 Å². The number of hydrogen-bond acceptors (Lipinski definition) is 4. The molecule has 0 bridgehead atoms. The molecule has 2 heterocycles. The number of nitrogens with one attached hydrogen (secondary N) is 1. The topological polar surface area (TPSA) is 75.7 Å². The maximum atomic E-state index is 13.2. The lowest BCUT2D eigenvalue weighted by Crippen LogP contribution is -2.47. The van der Waals surface area contributed by atoms with Crippen molar-refractivity contribution in [3.8, 4) is 5.75 Å². The molecule has 1 N–H and O–H groups in total. The average molecular weight is 550 g/mol. The summed E-state index contributed by atoms with van der Waals surface area (Å²) in [5, 5.41) is 3.28. The second kappa shape index (κ2) is 10.4. The van der Waals surface area contributed by atoms with Gasteiger partial charge in [0.2, 0.25) is 15.9 Å². The van der Waals surface area contributed by atoms with E-state index in [-0.39, 0.29) is 29.2 Å². The normalized spacial score (nSPS) is 20.9. The van der Waals surface area contributed by atoms with Crippen LogP contribution >= 0.6 is 15.9 Å². The van der Waals surface area contributed by atoms with Crippen LogP contribution in [0.1, 0.15) is 63.1 Å². The first-order valence-corrected chi connectivity index (χ1v) is 14.5. The molecule has 2 aliphatic heterocycles. The Kier molecular flexibility index (Phi) is 7.69. The van der Waals surface area contributed by atoms with Crippen LogP contribution in [-0.2, 0) is 20.6 Å². The summed E-state index contributed by atoms with van der Waals surface area (Å²) in [5.74, 6) is 0.641. The van der Waals surface area contributed by atoms with Gasteiger partial charge in [-0.1, -0.05) is 60.1 Å². The molecule has 1 amide bonds. The number of rotatable bonds is 7. The first-order valence-electron chi connectivity index (χ1n) is 12.1. The van der Waals surface area contributed by atoms with Crippen LogP contribution in [0.15, 0.2) is 53.0 Å².